The normalized spacial score (nSPS) is 15.2. The Kier molecular flexibility index (Phi) is 7.68. The second kappa shape index (κ2) is 10.5. The number of likely N-dealkylation sites (N-methyl/N-ethyl adjacent to an activating group) is 2. The topological polar surface area (TPSA) is 122 Å². The number of carbonyl (C=O) groups excluding carboxylic acids is 3. The van der Waals surface area contributed by atoms with Crippen molar-refractivity contribution in [3.05, 3.63) is 70.8 Å². The van der Waals surface area contributed by atoms with Gasteiger partial charge in [-0.1, -0.05) is 24.0 Å². The van der Waals surface area contributed by atoms with Crippen molar-refractivity contribution in [2.24, 2.45) is 0 Å². The number of nitrogens with one attached hydrogen (secondary N) is 2. The molecule has 0 bridgehead atoms. The number of β-amino-alcohol motifs (C(OH)–C–C–N with tert-alkyl or cyclic N) is 1. The smallest absolute Gasteiger partial charge is 0.275 e. The summed E-state index contributed by atoms with van der Waals surface area (Å²) in [6.45, 7) is 3.96. The Morgan fingerprint density at radius 2 is 1.56 bits per heavy atom. The van der Waals surface area contributed by atoms with Crippen molar-refractivity contribution in [2.45, 2.75) is 25.1 Å². The van der Waals surface area contributed by atoms with Crippen molar-refractivity contribution in [1.82, 2.24) is 20.6 Å². The molecule has 0 aromatic heterocycles. The molecule has 4 N–H and O–H groups in total. The van der Waals surface area contributed by atoms with E-state index in [2.05, 4.69) is 22.1 Å². The predicted molar refractivity (Wildman–Crippen MR) is 125 cm³/mol. The summed E-state index contributed by atoms with van der Waals surface area (Å²) in [6, 6.07) is 12.9. The molecule has 178 valence electrons. The van der Waals surface area contributed by atoms with E-state index in [0.29, 0.717) is 18.7 Å². The zero-order chi connectivity index (χ0) is 24.9. The number of rotatable bonds is 6. The highest BCUT2D eigenvalue weighted by Crippen LogP contribution is 2.22. The van der Waals surface area contributed by atoms with Crippen LogP contribution in [0.2, 0.25) is 0 Å². The van der Waals surface area contributed by atoms with Gasteiger partial charge < -0.3 is 15.3 Å². The van der Waals surface area contributed by atoms with Gasteiger partial charge in [-0.3, -0.25) is 24.5 Å². The van der Waals surface area contributed by atoms with Crippen molar-refractivity contribution in [3.63, 3.8) is 0 Å². The Morgan fingerprint density at radius 1 is 1.03 bits per heavy atom. The van der Waals surface area contributed by atoms with Crippen LogP contribution in [0.5, 0.6) is 0 Å². The predicted octanol–water partition coefficient (Wildman–Crippen LogP) is 0.345. The molecule has 0 aliphatic carbocycles. The molecule has 0 saturated carbocycles. The first-order valence-electron chi connectivity index (χ1n) is 10.7. The molecule has 9 nitrogen and oxygen atoms in total. The van der Waals surface area contributed by atoms with Crippen molar-refractivity contribution >= 4 is 17.7 Å². The van der Waals surface area contributed by atoms with Gasteiger partial charge in [0.15, 0.2) is 6.04 Å². The van der Waals surface area contributed by atoms with Crippen molar-refractivity contribution in [2.75, 3.05) is 27.2 Å². The molecule has 1 saturated heterocycles. The van der Waals surface area contributed by atoms with Crippen LogP contribution in [0.15, 0.2) is 48.5 Å². The van der Waals surface area contributed by atoms with Gasteiger partial charge in [0, 0.05) is 50.4 Å². The maximum Gasteiger partial charge on any atom is 0.275 e. The molecule has 1 heterocycles. The van der Waals surface area contributed by atoms with E-state index in [0.717, 1.165) is 22.6 Å². The Labute approximate surface area is 198 Å². The first-order chi connectivity index (χ1) is 16.1. The summed E-state index contributed by atoms with van der Waals surface area (Å²) < 4.78 is 0. The third-order valence-electron chi connectivity index (χ3n) is 5.53. The molecule has 1 aliphatic rings. The molecule has 1 fully saturated rings. The lowest BCUT2D eigenvalue weighted by Crippen LogP contribution is -2.59. The highest BCUT2D eigenvalue weighted by molar-refractivity contribution is 6.08. The van der Waals surface area contributed by atoms with Gasteiger partial charge in [0.2, 0.25) is 0 Å². The first-order valence-corrected chi connectivity index (χ1v) is 10.7. The van der Waals surface area contributed by atoms with Gasteiger partial charge in [0.05, 0.1) is 5.60 Å². The minimum absolute atomic E-state index is 0.266. The van der Waals surface area contributed by atoms with Gasteiger partial charge in [-0.2, -0.15) is 0 Å². The van der Waals surface area contributed by atoms with Gasteiger partial charge in [-0.15, -0.1) is 0 Å². The Bertz CT molecular complexity index is 1090. The number of likely N-dealkylation sites (tertiary alicyclic amines) is 1. The molecular weight excluding hydrogens is 436 g/mol. The molecular formula is C25H28N4O5. The summed E-state index contributed by atoms with van der Waals surface area (Å²) in [5, 5.41) is 21.0. The van der Waals surface area contributed by atoms with Crippen LogP contribution in [0.25, 0.3) is 0 Å². The number of aliphatic hydroxyl groups is 1. The number of carbonyl (C=O) groups is 3. The fraction of sp³-hybridized carbons (Fsp3) is 0.320. The van der Waals surface area contributed by atoms with Crippen LogP contribution >= 0.6 is 0 Å². The van der Waals surface area contributed by atoms with Crippen LogP contribution in [-0.4, -0.2) is 76.7 Å². The number of amides is 3. The van der Waals surface area contributed by atoms with Gasteiger partial charge in [-0.05, 0) is 48.9 Å². The lowest BCUT2D eigenvalue weighted by molar-refractivity contribution is -0.140. The summed E-state index contributed by atoms with van der Waals surface area (Å²) in [6.07, 6.45) is 0. The van der Waals surface area contributed by atoms with Gasteiger partial charge in [0.25, 0.3) is 17.7 Å². The largest absolute Gasteiger partial charge is 0.388 e. The van der Waals surface area contributed by atoms with Crippen molar-refractivity contribution < 1.29 is 24.7 Å². The van der Waals surface area contributed by atoms with E-state index >= 15 is 0 Å². The summed E-state index contributed by atoms with van der Waals surface area (Å²) in [7, 11) is 2.64. The molecule has 2 aromatic rings. The highest BCUT2D eigenvalue weighted by atomic mass is 16.5. The maximum atomic E-state index is 12.7. The summed E-state index contributed by atoms with van der Waals surface area (Å²) in [4.78, 5) is 39.7. The van der Waals surface area contributed by atoms with E-state index in [4.69, 9.17) is 5.21 Å². The molecule has 1 atom stereocenters. The molecule has 3 amide bonds. The number of nitrogens with zero attached hydrogens (tertiary/aromatic N) is 2. The third-order valence-corrected chi connectivity index (χ3v) is 5.53. The van der Waals surface area contributed by atoms with Crippen LogP contribution in [-0.2, 0) is 16.1 Å². The van der Waals surface area contributed by atoms with E-state index in [9.17, 15) is 19.5 Å². The van der Waals surface area contributed by atoms with Crippen molar-refractivity contribution in [1.29, 1.82) is 0 Å². The molecule has 0 spiro atoms. The molecule has 0 radical (unpaired) electrons. The quantitative estimate of drug-likeness (QED) is 0.212. The average Bonchev–Trinajstić information content (AvgIpc) is 2.82. The summed E-state index contributed by atoms with van der Waals surface area (Å²) in [5.41, 5.74) is 3.79. The van der Waals surface area contributed by atoms with E-state index in [1.165, 1.54) is 19.6 Å². The monoisotopic (exact) mass is 464 g/mol. The average molecular weight is 465 g/mol. The molecule has 9 heteroatoms. The number of benzene rings is 2. The van der Waals surface area contributed by atoms with Crippen LogP contribution in [0.1, 0.15) is 34.0 Å². The minimum Gasteiger partial charge on any atom is -0.388 e. The third kappa shape index (κ3) is 5.99. The lowest BCUT2D eigenvalue weighted by Gasteiger charge is -2.44. The lowest BCUT2D eigenvalue weighted by atomic mass is 9.96. The Morgan fingerprint density at radius 3 is 2.03 bits per heavy atom. The number of hydrogen-bond donors (Lipinski definition) is 4. The maximum absolute atomic E-state index is 12.7. The van der Waals surface area contributed by atoms with E-state index in [1.807, 2.05) is 31.2 Å². The SMILES string of the molecule is CNC(=O)C(C(=O)NO)N(C)C(=O)c1ccc(C#Cc2ccc(CN3CC(C)(O)C3)cc2)cc1. The molecule has 1 aliphatic heterocycles. The van der Waals surface area contributed by atoms with E-state index < -0.39 is 29.4 Å². The number of hydrogen-bond acceptors (Lipinski definition) is 6. The molecule has 1 unspecified atom stereocenters. The first kappa shape index (κ1) is 24.9. The van der Waals surface area contributed by atoms with Gasteiger partial charge in [-0.25, -0.2) is 5.48 Å². The van der Waals surface area contributed by atoms with Gasteiger partial charge in [0.1, 0.15) is 0 Å². The summed E-state index contributed by atoms with van der Waals surface area (Å²) in [5.74, 6) is 3.83. The zero-order valence-corrected chi connectivity index (χ0v) is 19.3. The fourth-order valence-electron chi connectivity index (χ4n) is 3.81. The minimum atomic E-state index is -1.51. The van der Waals surface area contributed by atoms with Crippen LogP contribution < -0.4 is 10.8 Å². The Hall–Kier alpha value is -3.71. The second-order valence-corrected chi connectivity index (χ2v) is 8.58. The van der Waals surface area contributed by atoms with E-state index in [1.54, 1.807) is 24.3 Å². The van der Waals surface area contributed by atoms with Crippen molar-refractivity contribution in [3.8, 4) is 11.8 Å². The fourth-order valence-corrected chi connectivity index (χ4v) is 3.81. The van der Waals surface area contributed by atoms with Gasteiger partial charge >= 0.3 is 0 Å². The molecule has 2 aromatic carbocycles. The van der Waals surface area contributed by atoms with E-state index in [-0.39, 0.29) is 5.56 Å². The standard InChI is InChI=1S/C25H28N4O5/c1-25(33)15-29(16-25)14-19-8-6-17(7-9-19)4-5-18-10-12-20(13-11-18)24(32)28(3)21(22(30)26-2)23(31)27-34/h6-13,21,33-34H,14-16H2,1-3H3,(H,26,30)(H,27,31). The second-order valence-electron chi connectivity index (χ2n) is 8.58. The van der Waals surface area contributed by atoms with Crippen LogP contribution in [0.4, 0.5) is 0 Å². The summed E-state index contributed by atoms with van der Waals surface area (Å²) >= 11 is 0. The Balaban J connectivity index is 1.63. The van der Waals surface area contributed by atoms with Crippen LogP contribution in [0.3, 0.4) is 0 Å². The molecule has 34 heavy (non-hydrogen) atoms. The highest BCUT2D eigenvalue weighted by Gasteiger charge is 2.36. The molecule has 3 rings (SSSR count). The zero-order valence-electron chi connectivity index (χ0n) is 19.3. The number of hydroxylamine groups is 1. The van der Waals surface area contributed by atoms with Crippen LogP contribution in [0, 0.1) is 11.8 Å².